The van der Waals surface area contributed by atoms with Gasteiger partial charge in [-0.2, -0.15) is 0 Å². The van der Waals surface area contributed by atoms with E-state index in [1.54, 1.807) is 6.92 Å². The number of benzene rings is 1. The van der Waals surface area contributed by atoms with Crippen molar-refractivity contribution < 1.29 is 13.6 Å². The standard InChI is InChI=1S/C14H20F2N2O/c1-9(2)17-7-6-14(19)18-10(3)11-4-5-12(15)13(16)8-11/h4-5,8-10,17H,6-7H2,1-3H3,(H,18,19). The third-order valence-electron chi connectivity index (χ3n) is 2.73. The van der Waals surface area contributed by atoms with Crippen molar-refractivity contribution in [1.29, 1.82) is 0 Å². The number of hydrogen-bond acceptors (Lipinski definition) is 2. The van der Waals surface area contributed by atoms with Gasteiger partial charge in [0.15, 0.2) is 11.6 Å². The molecule has 5 heteroatoms. The van der Waals surface area contributed by atoms with Gasteiger partial charge in [0.1, 0.15) is 0 Å². The molecule has 19 heavy (non-hydrogen) atoms. The summed E-state index contributed by atoms with van der Waals surface area (Å²) in [6.07, 6.45) is 0.353. The second-order valence-corrected chi connectivity index (χ2v) is 4.82. The van der Waals surface area contributed by atoms with Crippen LogP contribution in [0, 0.1) is 11.6 Å². The average Bonchev–Trinajstić information content (AvgIpc) is 2.32. The quantitative estimate of drug-likeness (QED) is 0.834. The fraction of sp³-hybridized carbons (Fsp3) is 0.500. The zero-order chi connectivity index (χ0) is 14.4. The Kier molecular flexibility index (Phi) is 5.89. The summed E-state index contributed by atoms with van der Waals surface area (Å²) in [5.41, 5.74) is 0.545. The van der Waals surface area contributed by atoms with E-state index in [-0.39, 0.29) is 11.9 Å². The highest BCUT2D eigenvalue weighted by Crippen LogP contribution is 2.15. The second-order valence-electron chi connectivity index (χ2n) is 4.82. The first-order valence-corrected chi connectivity index (χ1v) is 6.38. The molecule has 1 aromatic carbocycles. The molecule has 0 saturated heterocycles. The van der Waals surface area contributed by atoms with Gasteiger partial charge in [-0.15, -0.1) is 0 Å². The van der Waals surface area contributed by atoms with Crippen LogP contribution in [0.15, 0.2) is 18.2 Å². The molecule has 1 amide bonds. The van der Waals surface area contributed by atoms with E-state index in [0.29, 0.717) is 24.6 Å². The van der Waals surface area contributed by atoms with Crippen molar-refractivity contribution in [2.75, 3.05) is 6.54 Å². The first-order valence-electron chi connectivity index (χ1n) is 6.38. The molecule has 106 valence electrons. The van der Waals surface area contributed by atoms with Crippen LogP contribution >= 0.6 is 0 Å². The number of rotatable bonds is 6. The summed E-state index contributed by atoms with van der Waals surface area (Å²) >= 11 is 0. The Morgan fingerprint density at radius 3 is 2.47 bits per heavy atom. The minimum absolute atomic E-state index is 0.120. The molecule has 3 nitrogen and oxygen atoms in total. The number of carbonyl (C=O) groups is 1. The van der Waals surface area contributed by atoms with Gasteiger partial charge >= 0.3 is 0 Å². The van der Waals surface area contributed by atoms with Crippen molar-refractivity contribution >= 4 is 5.91 Å². The molecule has 1 unspecified atom stereocenters. The van der Waals surface area contributed by atoms with Crippen molar-refractivity contribution in [2.45, 2.75) is 39.3 Å². The van der Waals surface area contributed by atoms with E-state index < -0.39 is 11.6 Å². The molecule has 0 fully saturated rings. The van der Waals surface area contributed by atoms with Gasteiger partial charge < -0.3 is 10.6 Å². The van der Waals surface area contributed by atoms with Gasteiger partial charge in [-0.05, 0) is 24.6 Å². The summed E-state index contributed by atoms with van der Waals surface area (Å²) in [6, 6.07) is 3.62. The molecule has 0 aromatic heterocycles. The van der Waals surface area contributed by atoms with Crippen LogP contribution in [-0.2, 0) is 4.79 Å². The van der Waals surface area contributed by atoms with Crippen LogP contribution in [0.25, 0.3) is 0 Å². The highest BCUT2D eigenvalue weighted by molar-refractivity contribution is 5.76. The molecule has 0 bridgehead atoms. The highest BCUT2D eigenvalue weighted by Gasteiger charge is 2.11. The molecule has 0 aliphatic rings. The minimum atomic E-state index is -0.903. The Labute approximate surface area is 112 Å². The SMILES string of the molecule is CC(C)NCCC(=O)NC(C)c1ccc(F)c(F)c1. The Morgan fingerprint density at radius 2 is 1.89 bits per heavy atom. The molecule has 0 radical (unpaired) electrons. The highest BCUT2D eigenvalue weighted by atomic mass is 19.2. The number of halogens is 2. The third kappa shape index (κ3) is 5.34. The number of nitrogens with one attached hydrogen (secondary N) is 2. The molecule has 1 rings (SSSR count). The lowest BCUT2D eigenvalue weighted by Gasteiger charge is -2.15. The van der Waals surface area contributed by atoms with Gasteiger partial charge in [-0.3, -0.25) is 4.79 Å². The van der Waals surface area contributed by atoms with E-state index in [4.69, 9.17) is 0 Å². The maximum absolute atomic E-state index is 13.1. The zero-order valence-corrected chi connectivity index (χ0v) is 11.5. The molecular weight excluding hydrogens is 250 g/mol. The Hall–Kier alpha value is -1.49. The fourth-order valence-electron chi connectivity index (χ4n) is 1.65. The van der Waals surface area contributed by atoms with Crippen molar-refractivity contribution in [3.63, 3.8) is 0 Å². The number of hydrogen-bond donors (Lipinski definition) is 2. The van der Waals surface area contributed by atoms with E-state index in [1.807, 2.05) is 13.8 Å². The monoisotopic (exact) mass is 270 g/mol. The number of amides is 1. The van der Waals surface area contributed by atoms with Gasteiger partial charge in [0.2, 0.25) is 5.91 Å². The van der Waals surface area contributed by atoms with Crippen molar-refractivity contribution in [3.8, 4) is 0 Å². The van der Waals surface area contributed by atoms with Gasteiger partial charge in [0.05, 0.1) is 6.04 Å². The molecule has 0 heterocycles. The maximum Gasteiger partial charge on any atom is 0.221 e. The van der Waals surface area contributed by atoms with E-state index in [9.17, 15) is 13.6 Å². The molecule has 1 atom stereocenters. The molecule has 0 aliphatic carbocycles. The van der Waals surface area contributed by atoms with Crippen LogP contribution < -0.4 is 10.6 Å². The first-order chi connectivity index (χ1) is 8.90. The summed E-state index contributed by atoms with van der Waals surface area (Å²) in [6.45, 7) is 6.33. The molecule has 0 aliphatic heterocycles. The van der Waals surface area contributed by atoms with Crippen molar-refractivity contribution in [2.24, 2.45) is 0 Å². The van der Waals surface area contributed by atoms with Crippen LogP contribution in [0.3, 0.4) is 0 Å². The predicted molar refractivity (Wildman–Crippen MR) is 70.7 cm³/mol. The van der Waals surface area contributed by atoms with E-state index in [2.05, 4.69) is 10.6 Å². The summed E-state index contributed by atoms with van der Waals surface area (Å²) in [7, 11) is 0. The van der Waals surface area contributed by atoms with E-state index in [1.165, 1.54) is 6.07 Å². The van der Waals surface area contributed by atoms with Crippen LogP contribution in [0.5, 0.6) is 0 Å². The lowest BCUT2D eigenvalue weighted by Crippen LogP contribution is -2.32. The van der Waals surface area contributed by atoms with E-state index >= 15 is 0 Å². The summed E-state index contributed by atoms with van der Waals surface area (Å²) in [4.78, 5) is 11.6. The summed E-state index contributed by atoms with van der Waals surface area (Å²) in [5.74, 6) is -1.91. The summed E-state index contributed by atoms with van der Waals surface area (Å²) in [5, 5.41) is 5.88. The van der Waals surface area contributed by atoms with Gasteiger partial charge in [0, 0.05) is 19.0 Å². The van der Waals surface area contributed by atoms with Crippen LogP contribution in [0.4, 0.5) is 8.78 Å². The minimum Gasteiger partial charge on any atom is -0.350 e. The lowest BCUT2D eigenvalue weighted by atomic mass is 10.1. The second kappa shape index (κ2) is 7.19. The average molecular weight is 270 g/mol. The topological polar surface area (TPSA) is 41.1 Å². The third-order valence-corrected chi connectivity index (χ3v) is 2.73. The predicted octanol–water partition coefficient (Wildman–Crippen LogP) is 2.53. The zero-order valence-electron chi connectivity index (χ0n) is 11.5. The number of carbonyl (C=O) groups excluding carboxylic acids is 1. The van der Waals surface area contributed by atoms with E-state index in [0.717, 1.165) is 12.1 Å². The first kappa shape index (κ1) is 15.6. The lowest BCUT2D eigenvalue weighted by molar-refractivity contribution is -0.121. The molecule has 0 spiro atoms. The summed E-state index contributed by atoms with van der Waals surface area (Å²) < 4.78 is 25.9. The molecular formula is C14H20F2N2O. The van der Waals surface area contributed by atoms with Crippen LogP contribution in [-0.4, -0.2) is 18.5 Å². The van der Waals surface area contributed by atoms with Crippen LogP contribution in [0.2, 0.25) is 0 Å². The maximum atomic E-state index is 13.1. The Morgan fingerprint density at radius 1 is 1.21 bits per heavy atom. The molecule has 0 saturated carbocycles. The van der Waals surface area contributed by atoms with Crippen LogP contribution in [0.1, 0.15) is 38.8 Å². The molecule has 2 N–H and O–H groups in total. The van der Waals surface area contributed by atoms with Gasteiger partial charge in [-0.25, -0.2) is 8.78 Å². The Balaban J connectivity index is 2.47. The Bertz CT molecular complexity index is 435. The largest absolute Gasteiger partial charge is 0.350 e. The fourth-order valence-corrected chi connectivity index (χ4v) is 1.65. The van der Waals surface area contributed by atoms with Gasteiger partial charge in [-0.1, -0.05) is 19.9 Å². The van der Waals surface area contributed by atoms with Crippen molar-refractivity contribution in [1.82, 2.24) is 10.6 Å². The molecule has 1 aromatic rings. The van der Waals surface area contributed by atoms with Gasteiger partial charge in [0.25, 0.3) is 0 Å². The smallest absolute Gasteiger partial charge is 0.221 e. The van der Waals surface area contributed by atoms with Crippen molar-refractivity contribution in [3.05, 3.63) is 35.4 Å². The normalized spacial score (nSPS) is 12.5.